The number of thiocarbonyl (C=S) groups is 1. The second-order valence-corrected chi connectivity index (χ2v) is 8.10. The first-order valence-corrected chi connectivity index (χ1v) is 11.6. The van der Waals surface area contributed by atoms with E-state index < -0.39 is 0 Å². The largest absolute Gasteiger partial charge is 0.490 e. The number of nitrogens with one attached hydrogen (secondary N) is 2. The fourth-order valence-electron chi connectivity index (χ4n) is 2.92. The highest BCUT2D eigenvalue weighted by molar-refractivity contribution is 9.10. The molecule has 7 nitrogen and oxygen atoms in total. The van der Waals surface area contributed by atoms with Crippen molar-refractivity contribution in [1.82, 2.24) is 15.1 Å². The number of anilines is 1. The van der Waals surface area contributed by atoms with Crippen LogP contribution in [0.25, 0.3) is 0 Å². The molecule has 3 aromatic rings. The van der Waals surface area contributed by atoms with Crippen molar-refractivity contribution in [3.05, 3.63) is 64.9 Å². The Hall–Kier alpha value is -2.78. The number of aromatic nitrogens is 2. The molecule has 2 aromatic carbocycles. The van der Waals surface area contributed by atoms with Gasteiger partial charge in [-0.2, -0.15) is 5.10 Å². The van der Waals surface area contributed by atoms with Crippen LogP contribution >= 0.6 is 28.1 Å². The quantitative estimate of drug-likeness (QED) is 0.345. The first-order chi connectivity index (χ1) is 15.6. The molecule has 0 bridgehead atoms. The summed E-state index contributed by atoms with van der Waals surface area (Å²) in [6, 6.07) is 13.7. The van der Waals surface area contributed by atoms with Gasteiger partial charge < -0.3 is 24.8 Å². The van der Waals surface area contributed by atoms with Gasteiger partial charge in [-0.3, -0.25) is 0 Å². The van der Waals surface area contributed by atoms with E-state index in [-0.39, 0.29) is 0 Å². The van der Waals surface area contributed by atoms with Crippen molar-refractivity contribution in [2.24, 2.45) is 0 Å². The van der Waals surface area contributed by atoms with Crippen LogP contribution in [0, 0.1) is 0 Å². The SMILES string of the molecule is CCOc1ccc(CCNC(=S)Nc2cnn(COc3ccc(Br)cc3)c2)cc1OCC. The lowest BCUT2D eigenvalue weighted by Gasteiger charge is -2.13. The number of benzene rings is 2. The summed E-state index contributed by atoms with van der Waals surface area (Å²) in [5, 5.41) is 11.2. The lowest BCUT2D eigenvalue weighted by Crippen LogP contribution is -2.30. The van der Waals surface area contributed by atoms with Crippen LogP contribution in [0.3, 0.4) is 0 Å². The summed E-state index contributed by atoms with van der Waals surface area (Å²) in [5.41, 5.74) is 1.94. The van der Waals surface area contributed by atoms with Crippen molar-refractivity contribution < 1.29 is 14.2 Å². The Balaban J connectivity index is 1.43. The van der Waals surface area contributed by atoms with Crippen molar-refractivity contribution in [3.63, 3.8) is 0 Å². The van der Waals surface area contributed by atoms with E-state index in [9.17, 15) is 0 Å². The van der Waals surface area contributed by atoms with E-state index in [2.05, 4.69) is 31.7 Å². The Morgan fingerprint density at radius 3 is 2.53 bits per heavy atom. The number of rotatable bonds is 11. The van der Waals surface area contributed by atoms with Crippen LogP contribution in [0.5, 0.6) is 17.2 Å². The lowest BCUT2D eigenvalue weighted by molar-refractivity contribution is 0.221. The van der Waals surface area contributed by atoms with Gasteiger partial charge in [-0.15, -0.1) is 0 Å². The standard InChI is InChI=1S/C23H27BrN4O3S/c1-3-29-21-10-5-17(13-22(21)30-4-2)11-12-25-23(32)27-19-14-26-28(15-19)16-31-20-8-6-18(24)7-9-20/h5-10,13-15H,3-4,11-12,16H2,1-2H3,(H2,25,27,32). The fourth-order valence-corrected chi connectivity index (χ4v) is 3.40. The molecule has 0 fully saturated rings. The van der Waals surface area contributed by atoms with Crippen molar-refractivity contribution in [3.8, 4) is 17.2 Å². The summed E-state index contributed by atoms with van der Waals surface area (Å²) in [5.74, 6) is 2.31. The molecule has 0 unspecified atom stereocenters. The summed E-state index contributed by atoms with van der Waals surface area (Å²) in [6.07, 6.45) is 4.35. The van der Waals surface area contributed by atoms with Crippen LogP contribution in [0.2, 0.25) is 0 Å². The molecule has 0 radical (unpaired) electrons. The zero-order valence-electron chi connectivity index (χ0n) is 18.1. The smallest absolute Gasteiger partial charge is 0.180 e. The maximum absolute atomic E-state index is 5.71. The molecule has 2 N–H and O–H groups in total. The van der Waals surface area contributed by atoms with E-state index in [1.165, 1.54) is 0 Å². The summed E-state index contributed by atoms with van der Waals surface area (Å²) in [4.78, 5) is 0. The van der Waals surface area contributed by atoms with Gasteiger partial charge in [0.05, 0.1) is 31.3 Å². The predicted octanol–water partition coefficient (Wildman–Crippen LogP) is 5.01. The maximum Gasteiger partial charge on any atom is 0.180 e. The Bertz CT molecular complexity index is 1010. The first-order valence-electron chi connectivity index (χ1n) is 10.4. The lowest BCUT2D eigenvalue weighted by atomic mass is 10.1. The highest BCUT2D eigenvalue weighted by Crippen LogP contribution is 2.28. The molecule has 1 heterocycles. The second-order valence-electron chi connectivity index (χ2n) is 6.77. The molecular weight excluding hydrogens is 492 g/mol. The van der Waals surface area contributed by atoms with Crippen molar-refractivity contribution in [1.29, 1.82) is 0 Å². The normalized spacial score (nSPS) is 10.5. The van der Waals surface area contributed by atoms with Gasteiger partial charge in [0, 0.05) is 11.0 Å². The Labute approximate surface area is 202 Å². The van der Waals surface area contributed by atoms with Crippen LogP contribution in [0.4, 0.5) is 5.69 Å². The molecule has 0 aliphatic heterocycles. The highest BCUT2D eigenvalue weighted by Gasteiger charge is 2.07. The van der Waals surface area contributed by atoms with E-state index >= 15 is 0 Å². The zero-order chi connectivity index (χ0) is 22.8. The summed E-state index contributed by atoms with van der Waals surface area (Å²) in [7, 11) is 0. The monoisotopic (exact) mass is 518 g/mol. The van der Waals surface area contributed by atoms with Crippen LogP contribution in [0.15, 0.2) is 59.3 Å². The van der Waals surface area contributed by atoms with Gasteiger partial charge in [-0.05, 0) is 74.4 Å². The molecule has 32 heavy (non-hydrogen) atoms. The minimum absolute atomic E-state index is 0.309. The second kappa shape index (κ2) is 12.3. The van der Waals surface area contributed by atoms with Gasteiger partial charge in [0.25, 0.3) is 0 Å². The van der Waals surface area contributed by atoms with Gasteiger partial charge in [-0.25, -0.2) is 4.68 Å². The van der Waals surface area contributed by atoms with Gasteiger partial charge in [0.2, 0.25) is 0 Å². The molecule has 0 saturated heterocycles. The average Bonchev–Trinajstić information content (AvgIpc) is 3.22. The highest BCUT2D eigenvalue weighted by atomic mass is 79.9. The molecule has 170 valence electrons. The van der Waals surface area contributed by atoms with Gasteiger partial charge in [-0.1, -0.05) is 22.0 Å². The average molecular weight is 519 g/mol. The zero-order valence-corrected chi connectivity index (χ0v) is 20.5. The van der Waals surface area contributed by atoms with E-state index in [0.717, 1.165) is 39.4 Å². The summed E-state index contributed by atoms with van der Waals surface area (Å²) in [6.45, 7) is 6.12. The Morgan fingerprint density at radius 1 is 1.03 bits per heavy atom. The van der Waals surface area contributed by atoms with Crippen molar-refractivity contribution >= 4 is 38.9 Å². The molecule has 0 atom stereocenters. The number of ether oxygens (including phenoxy) is 3. The molecule has 9 heteroatoms. The molecule has 0 amide bonds. The van der Waals surface area contributed by atoms with Gasteiger partial charge in [0.1, 0.15) is 5.75 Å². The molecule has 0 aliphatic carbocycles. The molecule has 0 aliphatic rings. The van der Waals surface area contributed by atoms with Crippen LogP contribution in [-0.2, 0) is 13.2 Å². The maximum atomic E-state index is 5.71. The Morgan fingerprint density at radius 2 is 1.78 bits per heavy atom. The summed E-state index contributed by atoms with van der Waals surface area (Å²) < 4.78 is 19.7. The minimum Gasteiger partial charge on any atom is -0.490 e. The molecule has 0 saturated carbocycles. The first kappa shape index (κ1) is 23.9. The third-order valence-corrected chi connectivity index (χ3v) is 5.15. The number of hydrogen-bond acceptors (Lipinski definition) is 5. The topological polar surface area (TPSA) is 69.6 Å². The van der Waals surface area contributed by atoms with E-state index in [4.69, 9.17) is 26.4 Å². The molecule has 1 aromatic heterocycles. The minimum atomic E-state index is 0.309. The Kier molecular flexibility index (Phi) is 9.18. The number of halogens is 1. The van der Waals surface area contributed by atoms with Gasteiger partial charge >= 0.3 is 0 Å². The third kappa shape index (κ3) is 7.42. The van der Waals surface area contributed by atoms with Gasteiger partial charge in [0.15, 0.2) is 23.3 Å². The molecule has 0 spiro atoms. The molecular formula is C23H27BrN4O3S. The predicted molar refractivity (Wildman–Crippen MR) is 134 cm³/mol. The van der Waals surface area contributed by atoms with Crippen molar-refractivity contribution in [2.45, 2.75) is 27.0 Å². The van der Waals surface area contributed by atoms with E-state index in [0.29, 0.717) is 31.6 Å². The summed E-state index contributed by atoms with van der Waals surface area (Å²) >= 11 is 8.80. The van der Waals surface area contributed by atoms with Crippen LogP contribution in [-0.4, -0.2) is 34.7 Å². The van der Waals surface area contributed by atoms with Crippen molar-refractivity contribution in [2.75, 3.05) is 25.1 Å². The van der Waals surface area contributed by atoms with Crippen LogP contribution in [0.1, 0.15) is 19.4 Å². The number of nitrogens with zero attached hydrogens (tertiary/aromatic N) is 2. The number of hydrogen-bond donors (Lipinski definition) is 2. The van der Waals surface area contributed by atoms with E-state index in [1.807, 2.05) is 62.5 Å². The molecule has 3 rings (SSSR count). The third-order valence-electron chi connectivity index (χ3n) is 4.38. The van der Waals surface area contributed by atoms with E-state index in [1.54, 1.807) is 10.9 Å². The van der Waals surface area contributed by atoms with Crippen LogP contribution < -0.4 is 24.8 Å². The fraction of sp³-hybridized carbons (Fsp3) is 0.304.